The molecule has 0 radical (unpaired) electrons. The third-order valence-corrected chi connectivity index (χ3v) is 14.0. The van der Waals surface area contributed by atoms with Crippen LogP contribution in [0.4, 0.5) is 0 Å². The lowest BCUT2D eigenvalue weighted by molar-refractivity contribution is -0.144. The zero-order chi connectivity index (χ0) is 54.5. The Kier molecular flexibility index (Phi) is 48.0. The average Bonchev–Trinajstić information content (AvgIpc) is 3.40. The molecule has 0 unspecified atom stereocenters. The first-order valence-corrected chi connectivity index (χ1v) is 31.1. The second-order valence-corrected chi connectivity index (χ2v) is 21.0. The summed E-state index contributed by atoms with van der Waals surface area (Å²) in [5.41, 5.74) is -2.64. The first-order chi connectivity index (χ1) is 36.8. The summed E-state index contributed by atoms with van der Waals surface area (Å²) in [6.07, 6.45) is 59.5. The number of aromatic nitrogens is 3. The number of carbonyl (C=O) groups is 3. The molecule has 12 nitrogen and oxygen atoms in total. The second kappa shape index (κ2) is 52.1. The number of unbranched alkanes of at least 4 members (excludes halogenated alkanes) is 33. The van der Waals surface area contributed by atoms with Crippen molar-refractivity contribution in [3.8, 4) is 0 Å². The maximum atomic E-state index is 13.6. The fourth-order valence-electron chi connectivity index (χ4n) is 9.21. The quantitative estimate of drug-likeness (QED) is 0.0269. The van der Waals surface area contributed by atoms with Gasteiger partial charge < -0.3 is 14.2 Å². The van der Waals surface area contributed by atoms with Crippen LogP contribution in [0.2, 0.25) is 0 Å². The molecule has 0 saturated carbocycles. The van der Waals surface area contributed by atoms with Crippen molar-refractivity contribution in [3.63, 3.8) is 0 Å². The van der Waals surface area contributed by atoms with Crippen molar-refractivity contribution in [2.24, 2.45) is 0 Å². The summed E-state index contributed by atoms with van der Waals surface area (Å²) in [4.78, 5) is 78.7. The van der Waals surface area contributed by atoms with E-state index in [0.29, 0.717) is 19.3 Å². The van der Waals surface area contributed by atoms with Crippen LogP contribution in [0.5, 0.6) is 0 Å². The maximum absolute atomic E-state index is 13.6. The molecule has 0 saturated heterocycles. The number of esters is 3. The Balaban J connectivity index is 2.59. The molecule has 1 rings (SSSR count). The molecule has 432 valence electrons. The average molecular weight is 1050 g/mol. The Morgan fingerprint density at radius 1 is 0.293 bits per heavy atom. The second-order valence-electron chi connectivity index (χ2n) is 21.0. The highest BCUT2D eigenvalue weighted by molar-refractivity contribution is 5.69. The van der Waals surface area contributed by atoms with Gasteiger partial charge in [-0.15, -0.1) is 0 Å². The van der Waals surface area contributed by atoms with Crippen molar-refractivity contribution in [1.29, 1.82) is 0 Å². The molecule has 1 aromatic rings. The van der Waals surface area contributed by atoms with E-state index >= 15 is 0 Å². The summed E-state index contributed by atoms with van der Waals surface area (Å²) in [7, 11) is 0. The number of carbonyl (C=O) groups excluding carboxylic acids is 3. The number of nitrogens with zero attached hydrogens (tertiary/aromatic N) is 3. The first kappa shape index (κ1) is 69.1. The minimum Gasteiger partial charge on any atom is -0.464 e. The highest BCUT2D eigenvalue weighted by Crippen LogP contribution is 2.15. The molecule has 1 heterocycles. The van der Waals surface area contributed by atoms with Crippen LogP contribution in [0.3, 0.4) is 0 Å². The van der Waals surface area contributed by atoms with Crippen LogP contribution in [0, 0.1) is 0 Å². The molecule has 0 atom stereocenters. The Hall–Kier alpha value is -3.96. The van der Waals surface area contributed by atoms with Gasteiger partial charge in [0.1, 0.15) is 19.8 Å². The lowest BCUT2D eigenvalue weighted by atomic mass is 10.1. The number of ether oxygens (including phenoxy) is 3. The van der Waals surface area contributed by atoms with Gasteiger partial charge in [0, 0.05) is 19.3 Å². The molecule has 0 fully saturated rings. The van der Waals surface area contributed by atoms with E-state index in [1.54, 1.807) is 0 Å². The minimum atomic E-state index is -0.880. The molecule has 75 heavy (non-hydrogen) atoms. The van der Waals surface area contributed by atoms with E-state index in [2.05, 4.69) is 57.2 Å². The Bertz CT molecular complexity index is 1570. The van der Waals surface area contributed by atoms with Crippen molar-refractivity contribution < 1.29 is 28.6 Å². The van der Waals surface area contributed by atoms with E-state index in [1.807, 2.05) is 0 Å². The minimum absolute atomic E-state index is 0.223. The topological polar surface area (TPSA) is 145 Å². The fraction of sp³-hybridized carbons (Fsp3) is 0.810. The lowest BCUT2D eigenvalue weighted by Gasteiger charge is -2.14. The summed E-state index contributed by atoms with van der Waals surface area (Å²) in [6.45, 7) is 5.22. The zero-order valence-electron chi connectivity index (χ0n) is 48.4. The van der Waals surface area contributed by atoms with Crippen molar-refractivity contribution in [1.82, 2.24) is 13.7 Å². The molecule has 0 amide bonds. The van der Waals surface area contributed by atoms with E-state index in [-0.39, 0.29) is 58.7 Å². The van der Waals surface area contributed by atoms with E-state index in [9.17, 15) is 28.8 Å². The predicted octanol–water partition coefficient (Wildman–Crippen LogP) is 15.9. The summed E-state index contributed by atoms with van der Waals surface area (Å²) >= 11 is 0. The van der Waals surface area contributed by atoms with Gasteiger partial charge in [-0.05, 0) is 77.0 Å². The summed E-state index contributed by atoms with van der Waals surface area (Å²) in [5.74, 6) is -1.21. The van der Waals surface area contributed by atoms with Crippen LogP contribution in [-0.2, 0) is 48.2 Å². The Morgan fingerprint density at radius 2 is 0.480 bits per heavy atom. The van der Waals surface area contributed by atoms with Gasteiger partial charge in [0.25, 0.3) is 0 Å². The van der Waals surface area contributed by atoms with Gasteiger partial charge in [0.2, 0.25) is 0 Å². The van der Waals surface area contributed by atoms with Gasteiger partial charge in [-0.1, -0.05) is 231 Å². The number of rotatable bonds is 54. The van der Waals surface area contributed by atoms with E-state index in [4.69, 9.17) is 14.2 Å². The predicted molar refractivity (Wildman–Crippen MR) is 310 cm³/mol. The molecule has 12 heteroatoms. The van der Waals surface area contributed by atoms with Crippen LogP contribution < -0.4 is 17.1 Å². The van der Waals surface area contributed by atoms with Crippen LogP contribution in [-0.4, -0.2) is 51.4 Å². The van der Waals surface area contributed by atoms with Crippen molar-refractivity contribution >= 4 is 17.9 Å². The summed E-state index contributed by atoms with van der Waals surface area (Å²) in [6, 6.07) is 0. The molecule has 0 bridgehead atoms. The van der Waals surface area contributed by atoms with Crippen LogP contribution in [0.1, 0.15) is 290 Å². The van der Waals surface area contributed by atoms with Gasteiger partial charge in [-0.25, -0.2) is 28.1 Å². The summed E-state index contributed by atoms with van der Waals surface area (Å²) in [5, 5.41) is 0. The third-order valence-electron chi connectivity index (χ3n) is 14.0. The standard InChI is InChI=1S/C63H111N3O9/c1-4-7-10-13-16-19-22-25-28-31-34-37-40-43-46-49-58(67)73-55-52-64-61(70)65(53-56-74-59(68)50-47-44-41-38-35-32-29-26-23-20-17-14-11-8-5-2)63(72)66(62(64)71)54-57-75-60(69)51-48-45-42-39-36-33-30-27-24-21-18-15-12-9-6-3/h13-18H,4-12,19-57H2,1-3H3/b16-13+,17-14+,18-15+. The van der Waals surface area contributed by atoms with Gasteiger partial charge in [0.05, 0.1) is 19.6 Å². The van der Waals surface area contributed by atoms with E-state index in [1.165, 1.54) is 173 Å². The molecule has 0 aliphatic heterocycles. The monoisotopic (exact) mass is 1050 g/mol. The van der Waals surface area contributed by atoms with Gasteiger partial charge in [0.15, 0.2) is 0 Å². The van der Waals surface area contributed by atoms with Crippen molar-refractivity contribution in [2.45, 2.75) is 310 Å². The molecule has 1 aromatic heterocycles. The van der Waals surface area contributed by atoms with Crippen molar-refractivity contribution in [3.05, 3.63) is 67.9 Å². The molecule has 0 spiro atoms. The van der Waals surface area contributed by atoms with Crippen LogP contribution in [0.25, 0.3) is 0 Å². The number of hydrogen-bond acceptors (Lipinski definition) is 9. The molecular formula is C63H111N3O9. The molecule has 0 aromatic carbocycles. The molecule has 0 aliphatic carbocycles. The highest BCUT2D eigenvalue weighted by atomic mass is 16.5. The largest absolute Gasteiger partial charge is 0.464 e. The van der Waals surface area contributed by atoms with E-state index < -0.39 is 35.0 Å². The van der Waals surface area contributed by atoms with Crippen molar-refractivity contribution in [2.75, 3.05) is 19.8 Å². The number of hydrogen-bond donors (Lipinski definition) is 0. The van der Waals surface area contributed by atoms with E-state index in [0.717, 1.165) is 71.5 Å². The summed E-state index contributed by atoms with van der Waals surface area (Å²) < 4.78 is 18.9. The normalized spacial score (nSPS) is 11.7. The Morgan fingerprint density at radius 3 is 0.693 bits per heavy atom. The van der Waals surface area contributed by atoms with Gasteiger partial charge in [-0.3, -0.25) is 14.4 Å². The maximum Gasteiger partial charge on any atom is 0.336 e. The smallest absolute Gasteiger partial charge is 0.336 e. The van der Waals surface area contributed by atoms with Crippen LogP contribution in [0.15, 0.2) is 50.8 Å². The van der Waals surface area contributed by atoms with Gasteiger partial charge in [-0.2, -0.15) is 0 Å². The highest BCUT2D eigenvalue weighted by Gasteiger charge is 2.17. The SMILES string of the molecule is CCCC/C=C/CCCCCCCCCCCC(=O)OCCn1c(=O)n(CCOC(=O)CCCCCCCCCCC/C=C/CCCC)c(=O)n(CCOC(=O)CCCCCCCCCCC/C=C/CCCC)c1=O. The number of allylic oxidation sites excluding steroid dienone is 6. The van der Waals surface area contributed by atoms with Crippen LogP contribution >= 0.6 is 0 Å². The van der Waals surface area contributed by atoms with Gasteiger partial charge >= 0.3 is 35.0 Å². The molecular weight excluding hydrogens is 943 g/mol. The zero-order valence-corrected chi connectivity index (χ0v) is 48.4. The fourth-order valence-corrected chi connectivity index (χ4v) is 9.21. The lowest BCUT2D eigenvalue weighted by Crippen LogP contribution is -2.55. The Labute approximate surface area is 456 Å². The third kappa shape index (κ3) is 40.9. The molecule has 0 aliphatic rings. The molecule has 0 N–H and O–H groups in total. The first-order valence-electron chi connectivity index (χ1n) is 31.1.